The second kappa shape index (κ2) is 3.91. The minimum absolute atomic E-state index is 0.244. The Hall–Kier alpha value is -0.340. The molecule has 1 aromatic carbocycles. The molecule has 0 amide bonds. The van der Waals surface area contributed by atoms with Gasteiger partial charge >= 0.3 is 0 Å². The summed E-state index contributed by atoms with van der Waals surface area (Å²) in [5, 5.41) is 0. The Labute approximate surface area is 100.0 Å². The van der Waals surface area contributed by atoms with Crippen molar-refractivity contribution in [2.45, 2.75) is 38.8 Å². The molecule has 1 heterocycles. The summed E-state index contributed by atoms with van der Waals surface area (Å²) in [5.41, 5.74) is 4.29. The van der Waals surface area contributed by atoms with Gasteiger partial charge in [-0.3, -0.25) is 0 Å². The average Bonchev–Trinajstić information content (AvgIpc) is 2.61. The highest BCUT2D eigenvalue weighted by atomic mass is 79.9. The third-order valence-corrected chi connectivity index (χ3v) is 4.70. The standard InChI is InChI=1S/C13H17BrO/c1-13(2,3)12(14)9-4-5-10-7-15-8-11(10)6-9/h4-6,12H,7-8H2,1-3H3. The lowest BCUT2D eigenvalue weighted by molar-refractivity contribution is 0.134. The van der Waals surface area contributed by atoms with Crippen molar-refractivity contribution in [3.05, 3.63) is 34.9 Å². The van der Waals surface area contributed by atoms with E-state index in [0.717, 1.165) is 13.2 Å². The zero-order valence-corrected chi connectivity index (χ0v) is 11.1. The summed E-state index contributed by atoms with van der Waals surface area (Å²) >= 11 is 3.77. The maximum absolute atomic E-state index is 5.42. The molecule has 0 radical (unpaired) electrons. The number of fused-ring (bicyclic) bond motifs is 1. The zero-order valence-electron chi connectivity index (χ0n) is 9.51. The first kappa shape index (κ1) is 11.2. The number of benzene rings is 1. The molecule has 1 nitrogen and oxygen atoms in total. The highest BCUT2D eigenvalue weighted by molar-refractivity contribution is 9.09. The highest BCUT2D eigenvalue weighted by Gasteiger charge is 2.24. The molecule has 1 aliphatic heterocycles. The summed E-state index contributed by atoms with van der Waals surface area (Å²) in [6.45, 7) is 8.29. The first-order valence-electron chi connectivity index (χ1n) is 5.32. The predicted octanol–water partition coefficient (Wildman–Crippen LogP) is 4.20. The van der Waals surface area contributed by atoms with Crippen LogP contribution in [0.4, 0.5) is 0 Å². The molecule has 0 aromatic heterocycles. The van der Waals surface area contributed by atoms with E-state index in [4.69, 9.17) is 4.74 Å². The van der Waals surface area contributed by atoms with Gasteiger partial charge in [0.25, 0.3) is 0 Å². The third kappa shape index (κ3) is 2.26. The van der Waals surface area contributed by atoms with E-state index in [9.17, 15) is 0 Å². The number of hydrogen-bond acceptors (Lipinski definition) is 1. The minimum Gasteiger partial charge on any atom is -0.372 e. The molecule has 0 bridgehead atoms. The zero-order chi connectivity index (χ0) is 11.1. The van der Waals surface area contributed by atoms with Gasteiger partial charge < -0.3 is 4.74 Å². The van der Waals surface area contributed by atoms with E-state index in [1.807, 2.05) is 0 Å². The van der Waals surface area contributed by atoms with E-state index in [2.05, 4.69) is 54.9 Å². The second-order valence-electron chi connectivity index (χ2n) is 5.25. The molecule has 82 valence electrons. The van der Waals surface area contributed by atoms with Crippen molar-refractivity contribution < 1.29 is 4.74 Å². The van der Waals surface area contributed by atoms with Gasteiger partial charge in [-0.1, -0.05) is 54.9 Å². The van der Waals surface area contributed by atoms with E-state index >= 15 is 0 Å². The monoisotopic (exact) mass is 268 g/mol. The smallest absolute Gasteiger partial charge is 0.0725 e. The second-order valence-corrected chi connectivity index (χ2v) is 6.17. The van der Waals surface area contributed by atoms with Crippen molar-refractivity contribution >= 4 is 15.9 Å². The molecule has 2 heteroatoms. The van der Waals surface area contributed by atoms with Crippen LogP contribution in [-0.4, -0.2) is 0 Å². The van der Waals surface area contributed by atoms with Crippen LogP contribution in [0, 0.1) is 5.41 Å². The molecule has 1 unspecified atom stereocenters. The first-order chi connectivity index (χ1) is 6.98. The maximum atomic E-state index is 5.42. The van der Waals surface area contributed by atoms with E-state index in [-0.39, 0.29) is 5.41 Å². The molecule has 0 saturated heterocycles. The Kier molecular flexibility index (Phi) is 2.91. The summed E-state index contributed by atoms with van der Waals surface area (Å²) in [5.74, 6) is 0. The van der Waals surface area contributed by atoms with E-state index in [1.54, 1.807) is 0 Å². The Morgan fingerprint density at radius 3 is 2.53 bits per heavy atom. The van der Waals surface area contributed by atoms with Gasteiger partial charge in [0.2, 0.25) is 0 Å². The Balaban J connectivity index is 2.31. The lowest BCUT2D eigenvalue weighted by atomic mass is 9.87. The first-order valence-corrected chi connectivity index (χ1v) is 6.23. The van der Waals surface area contributed by atoms with E-state index in [1.165, 1.54) is 16.7 Å². The number of rotatable bonds is 1. The number of ether oxygens (including phenoxy) is 1. The van der Waals surface area contributed by atoms with Gasteiger partial charge in [-0.2, -0.15) is 0 Å². The van der Waals surface area contributed by atoms with Crippen LogP contribution in [0.1, 0.15) is 42.3 Å². The van der Waals surface area contributed by atoms with E-state index in [0.29, 0.717) is 4.83 Å². The summed E-state index contributed by atoms with van der Waals surface area (Å²) in [6, 6.07) is 6.67. The molecule has 1 aliphatic rings. The van der Waals surface area contributed by atoms with Crippen molar-refractivity contribution in [2.24, 2.45) is 5.41 Å². The molecule has 1 atom stereocenters. The number of hydrogen-bond donors (Lipinski definition) is 0. The summed E-state index contributed by atoms with van der Waals surface area (Å²) in [6.07, 6.45) is 0. The van der Waals surface area contributed by atoms with Crippen LogP contribution in [0.25, 0.3) is 0 Å². The Bertz CT molecular complexity index is 365. The predicted molar refractivity (Wildman–Crippen MR) is 66.1 cm³/mol. The van der Waals surface area contributed by atoms with Crippen LogP contribution in [0.3, 0.4) is 0 Å². The van der Waals surface area contributed by atoms with Crippen molar-refractivity contribution in [1.29, 1.82) is 0 Å². The normalized spacial score (nSPS) is 17.6. The molecule has 1 aromatic rings. The molecule has 2 rings (SSSR count). The SMILES string of the molecule is CC(C)(C)C(Br)c1ccc2c(c1)COC2. The lowest BCUT2D eigenvalue weighted by Crippen LogP contribution is -2.12. The average molecular weight is 269 g/mol. The highest BCUT2D eigenvalue weighted by Crippen LogP contribution is 2.40. The van der Waals surface area contributed by atoms with Gasteiger partial charge in [-0.15, -0.1) is 0 Å². The summed E-state index contributed by atoms with van der Waals surface area (Å²) in [4.78, 5) is 0.399. The Morgan fingerprint density at radius 1 is 1.20 bits per heavy atom. The van der Waals surface area contributed by atoms with Crippen molar-refractivity contribution in [3.8, 4) is 0 Å². The fraction of sp³-hybridized carbons (Fsp3) is 0.538. The molecule has 0 spiro atoms. The third-order valence-electron chi connectivity index (χ3n) is 2.80. The minimum atomic E-state index is 0.244. The van der Waals surface area contributed by atoms with Gasteiger partial charge in [0, 0.05) is 4.83 Å². The Morgan fingerprint density at radius 2 is 1.87 bits per heavy atom. The molecule has 0 N–H and O–H groups in total. The largest absolute Gasteiger partial charge is 0.372 e. The quantitative estimate of drug-likeness (QED) is 0.694. The molecular weight excluding hydrogens is 252 g/mol. The van der Waals surface area contributed by atoms with Crippen LogP contribution >= 0.6 is 15.9 Å². The fourth-order valence-corrected chi connectivity index (χ4v) is 2.13. The fourth-order valence-electron chi connectivity index (χ4n) is 1.85. The topological polar surface area (TPSA) is 9.23 Å². The van der Waals surface area contributed by atoms with Crippen molar-refractivity contribution in [3.63, 3.8) is 0 Å². The van der Waals surface area contributed by atoms with Gasteiger partial charge in [-0.05, 0) is 22.1 Å². The van der Waals surface area contributed by atoms with Gasteiger partial charge in [0.05, 0.1) is 13.2 Å². The maximum Gasteiger partial charge on any atom is 0.0725 e. The summed E-state index contributed by atoms with van der Waals surface area (Å²) < 4.78 is 5.42. The van der Waals surface area contributed by atoms with Crippen LogP contribution < -0.4 is 0 Å². The van der Waals surface area contributed by atoms with Crippen molar-refractivity contribution in [1.82, 2.24) is 0 Å². The van der Waals surface area contributed by atoms with Crippen molar-refractivity contribution in [2.75, 3.05) is 0 Å². The number of alkyl halides is 1. The molecule has 0 saturated carbocycles. The number of halogens is 1. The molecular formula is C13H17BrO. The lowest BCUT2D eigenvalue weighted by Gasteiger charge is -2.26. The van der Waals surface area contributed by atoms with E-state index < -0.39 is 0 Å². The van der Waals surface area contributed by atoms with Crippen LogP contribution in [0.5, 0.6) is 0 Å². The molecule has 0 aliphatic carbocycles. The van der Waals surface area contributed by atoms with Crippen LogP contribution in [0.2, 0.25) is 0 Å². The molecule has 15 heavy (non-hydrogen) atoms. The van der Waals surface area contributed by atoms with Crippen LogP contribution in [-0.2, 0) is 18.0 Å². The molecule has 0 fully saturated rings. The van der Waals surface area contributed by atoms with Crippen LogP contribution in [0.15, 0.2) is 18.2 Å². The van der Waals surface area contributed by atoms with Gasteiger partial charge in [0.1, 0.15) is 0 Å². The van der Waals surface area contributed by atoms with Gasteiger partial charge in [0.15, 0.2) is 0 Å². The van der Waals surface area contributed by atoms with Gasteiger partial charge in [-0.25, -0.2) is 0 Å². The summed E-state index contributed by atoms with van der Waals surface area (Å²) in [7, 11) is 0.